The van der Waals surface area contributed by atoms with Gasteiger partial charge in [0.25, 0.3) is 0 Å². The maximum absolute atomic E-state index is 12.5. The molecule has 0 bridgehead atoms. The molecule has 1 amide bonds. The van der Waals surface area contributed by atoms with Gasteiger partial charge in [0.1, 0.15) is 6.04 Å². The minimum atomic E-state index is -3.75. The van der Waals surface area contributed by atoms with Crippen LogP contribution in [0.1, 0.15) is 17.5 Å². The van der Waals surface area contributed by atoms with Gasteiger partial charge in [0, 0.05) is 24.3 Å². The number of amides is 1. The summed E-state index contributed by atoms with van der Waals surface area (Å²) in [6.07, 6.45) is 7.11. The van der Waals surface area contributed by atoms with Crippen molar-refractivity contribution in [2.45, 2.75) is 19.0 Å². The van der Waals surface area contributed by atoms with E-state index in [1.165, 1.54) is 6.08 Å². The lowest BCUT2D eigenvalue weighted by molar-refractivity contribution is -0.122. The summed E-state index contributed by atoms with van der Waals surface area (Å²) in [5.74, 6) is 0.315. The van der Waals surface area contributed by atoms with Crippen molar-refractivity contribution in [1.29, 1.82) is 0 Å². The number of rotatable bonds is 10. The third-order valence-electron chi connectivity index (χ3n) is 3.69. The Labute approximate surface area is 164 Å². The number of hydrogen-bond donors (Lipinski definition) is 2. The minimum Gasteiger partial charge on any atom is -0.351 e. The summed E-state index contributed by atoms with van der Waals surface area (Å²) in [4.78, 5) is 16.4. The fourth-order valence-electron chi connectivity index (χ4n) is 2.26. The molecule has 8 heteroatoms. The molecule has 27 heavy (non-hydrogen) atoms. The lowest BCUT2D eigenvalue weighted by atomic mass is 10.2. The van der Waals surface area contributed by atoms with Crippen LogP contribution in [0.4, 0.5) is 0 Å². The molecule has 0 aliphatic heterocycles. The molecule has 6 nitrogen and oxygen atoms in total. The molecule has 2 aromatic rings. The van der Waals surface area contributed by atoms with E-state index in [9.17, 15) is 13.2 Å². The summed E-state index contributed by atoms with van der Waals surface area (Å²) in [6.45, 7) is 0.318. The zero-order valence-electron chi connectivity index (χ0n) is 15.0. The van der Waals surface area contributed by atoms with Crippen LogP contribution in [0.25, 0.3) is 6.08 Å². The zero-order valence-corrected chi connectivity index (χ0v) is 16.7. The van der Waals surface area contributed by atoms with Gasteiger partial charge in [-0.3, -0.25) is 9.78 Å². The summed E-state index contributed by atoms with van der Waals surface area (Å²) in [5.41, 5.74) is 1.67. The molecule has 1 atom stereocenters. The Morgan fingerprint density at radius 1 is 1.19 bits per heavy atom. The molecular formula is C19H23N3O3S2. The number of pyridine rings is 1. The molecule has 1 aromatic heterocycles. The fraction of sp³-hybridized carbons (Fsp3) is 0.263. The van der Waals surface area contributed by atoms with Crippen LogP contribution in [-0.2, 0) is 21.4 Å². The molecule has 0 spiro atoms. The number of benzene rings is 1. The van der Waals surface area contributed by atoms with Gasteiger partial charge in [-0.1, -0.05) is 30.3 Å². The van der Waals surface area contributed by atoms with Crippen LogP contribution < -0.4 is 10.0 Å². The average Bonchev–Trinajstić information content (AvgIpc) is 2.69. The number of hydrogen-bond acceptors (Lipinski definition) is 5. The Bertz CT molecular complexity index is 841. The van der Waals surface area contributed by atoms with Gasteiger partial charge >= 0.3 is 0 Å². The van der Waals surface area contributed by atoms with Crippen LogP contribution in [0, 0.1) is 0 Å². The normalized spacial score (nSPS) is 12.8. The molecule has 2 rings (SSSR count). The summed E-state index contributed by atoms with van der Waals surface area (Å²) in [5, 5.41) is 3.87. The van der Waals surface area contributed by atoms with E-state index >= 15 is 0 Å². The third kappa shape index (κ3) is 7.94. The van der Waals surface area contributed by atoms with Gasteiger partial charge in [-0.25, -0.2) is 8.42 Å². The van der Waals surface area contributed by atoms with Gasteiger partial charge in [0.15, 0.2) is 0 Å². The first kappa shape index (κ1) is 21.1. The molecule has 0 radical (unpaired) electrons. The van der Waals surface area contributed by atoms with Gasteiger partial charge in [-0.15, -0.1) is 0 Å². The minimum absolute atomic E-state index is 0.318. The van der Waals surface area contributed by atoms with Crippen molar-refractivity contribution in [3.8, 4) is 0 Å². The van der Waals surface area contributed by atoms with E-state index in [1.807, 2.05) is 24.5 Å². The molecule has 0 saturated carbocycles. The maximum Gasteiger partial charge on any atom is 0.238 e. The number of nitrogens with zero attached hydrogens (tertiary/aromatic N) is 1. The van der Waals surface area contributed by atoms with Gasteiger partial charge in [-0.05, 0) is 47.8 Å². The Morgan fingerprint density at radius 2 is 1.89 bits per heavy atom. The monoisotopic (exact) mass is 405 g/mol. The molecule has 0 aliphatic carbocycles. The van der Waals surface area contributed by atoms with Crippen LogP contribution >= 0.6 is 11.8 Å². The first-order valence-electron chi connectivity index (χ1n) is 8.41. The molecule has 1 unspecified atom stereocenters. The van der Waals surface area contributed by atoms with Crippen molar-refractivity contribution in [3.05, 3.63) is 71.4 Å². The highest BCUT2D eigenvalue weighted by Crippen LogP contribution is 2.07. The smallest absolute Gasteiger partial charge is 0.238 e. The fourth-order valence-corrected chi connectivity index (χ4v) is 3.77. The van der Waals surface area contributed by atoms with Crippen molar-refractivity contribution < 1.29 is 13.2 Å². The summed E-state index contributed by atoms with van der Waals surface area (Å²) in [6, 6.07) is 11.9. The number of thioether (sulfide) groups is 1. The van der Waals surface area contributed by atoms with Crippen LogP contribution in [0.5, 0.6) is 0 Å². The number of aromatic nitrogens is 1. The van der Waals surface area contributed by atoms with E-state index in [4.69, 9.17) is 0 Å². The van der Waals surface area contributed by atoms with Crippen molar-refractivity contribution in [3.63, 3.8) is 0 Å². The van der Waals surface area contributed by atoms with Gasteiger partial charge in [0.2, 0.25) is 15.9 Å². The standard InChI is InChI=1S/C19H23N3O3S2/c1-26-13-9-18(19(23)21-15-17-7-11-20-12-8-17)22-27(24,25)14-10-16-5-3-2-4-6-16/h2-8,10-12,14,18,22H,9,13,15H2,1H3,(H,21,23)/b14-10+. The average molecular weight is 406 g/mol. The van der Waals surface area contributed by atoms with Crippen molar-refractivity contribution >= 4 is 33.8 Å². The Kier molecular flexibility index (Phi) is 8.50. The number of carbonyl (C=O) groups excluding carboxylic acids is 1. The topological polar surface area (TPSA) is 88.2 Å². The first-order chi connectivity index (χ1) is 13.0. The van der Waals surface area contributed by atoms with E-state index < -0.39 is 16.1 Å². The van der Waals surface area contributed by atoms with Crippen LogP contribution in [0.2, 0.25) is 0 Å². The lowest BCUT2D eigenvalue weighted by Gasteiger charge is -2.17. The van der Waals surface area contributed by atoms with Crippen LogP contribution in [0.3, 0.4) is 0 Å². The highest BCUT2D eigenvalue weighted by atomic mass is 32.2. The Balaban J connectivity index is 2.01. The molecule has 0 fully saturated rings. The number of carbonyl (C=O) groups is 1. The molecule has 2 N–H and O–H groups in total. The van der Waals surface area contributed by atoms with Gasteiger partial charge in [-0.2, -0.15) is 16.5 Å². The number of nitrogens with one attached hydrogen (secondary N) is 2. The lowest BCUT2D eigenvalue weighted by Crippen LogP contribution is -2.46. The zero-order chi connectivity index (χ0) is 19.5. The quantitative estimate of drug-likeness (QED) is 0.634. The molecular weight excluding hydrogens is 382 g/mol. The van der Waals surface area contributed by atoms with Crippen molar-refractivity contribution in [2.24, 2.45) is 0 Å². The van der Waals surface area contributed by atoms with Crippen LogP contribution in [0.15, 0.2) is 60.3 Å². The second kappa shape index (κ2) is 10.9. The maximum atomic E-state index is 12.5. The largest absolute Gasteiger partial charge is 0.351 e. The predicted octanol–water partition coefficient (Wildman–Crippen LogP) is 2.41. The second-order valence-electron chi connectivity index (χ2n) is 5.78. The van der Waals surface area contributed by atoms with Crippen molar-refractivity contribution in [1.82, 2.24) is 15.0 Å². The molecule has 0 saturated heterocycles. The van der Waals surface area contributed by atoms with E-state index in [2.05, 4.69) is 15.0 Å². The van der Waals surface area contributed by atoms with Crippen molar-refractivity contribution in [2.75, 3.05) is 12.0 Å². The molecule has 0 aliphatic rings. The summed E-state index contributed by atoms with van der Waals surface area (Å²) >= 11 is 1.56. The van der Waals surface area contributed by atoms with Gasteiger partial charge < -0.3 is 5.32 Å². The third-order valence-corrected chi connectivity index (χ3v) is 5.44. The number of sulfonamides is 1. The summed E-state index contributed by atoms with van der Waals surface area (Å²) < 4.78 is 27.2. The van der Waals surface area contributed by atoms with Crippen LogP contribution in [-0.4, -0.2) is 37.4 Å². The highest BCUT2D eigenvalue weighted by molar-refractivity contribution is 7.98. The molecule has 1 aromatic carbocycles. The molecule has 1 heterocycles. The van der Waals surface area contributed by atoms with E-state index in [-0.39, 0.29) is 5.91 Å². The predicted molar refractivity (Wildman–Crippen MR) is 110 cm³/mol. The van der Waals surface area contributed by atoms with E-state index in [0.29, 0.717) is 18.7 Å². The Morgan fingerprint density at radius 3 is 2.56 bits per heavy atom. The summed E-state index contributed by atoms with van der Waals surface area (Å²) in [7, 11) is -3.75. The van der Waals surface area contributed by atoms with E-state index in [1.54, 1.807) is 48.4 Å². The first-order valence-corrected chi connectivity index (χ1v) is 11.4. The SMILES string of the molecule is CSCCC(NS(=O)(=O)/C=C/c1ccccc1)C(=O)NCc1ccncc1. The van der Waals surface area contributed by atoms with Gasteiger partial charge in [0.05, 0.1) is 0 Å². The van der Waals surface area contributed by atoms with E-state index in [0.717, 1.165) is 16.5 Å². The second-order valence-corrected chi connectivity index (χ2v) is 8.37. The Hall–Kier alpha value is -2.16. The molecule has 144 valence electrons. The highest BCUT2D eigenvalue weighted by Gasteiger charge is 2.22.